The number of hydrogen-bond acceptors (Lipinski definition) is 3. The van der Waals surface area contributed by atoms with Gasteiger partial charge in [0.1, 0.15) is 6.61 Å². The first kappa shape index (κ1) is 16.7. The molecule has 0 heterocycles. The van der Waals surface area contributed by atoms with E-state index in [1.54, 1.807) is 0 Å². The molecular formula is C19H20O4. The fraction of sp³-hybridized carbons (Fsp3) is 0.263. The monoisotopic (exact) mass is 312 g/mol. The van der Waals surface area contributed by atoms with Crippen LogP contribution >= 0.6 is 0 Å². The molecule has 4 nitrogen and oxygen atoms in total. The van der Waals surface area contributed by atoms with E-state index >= 15 is 0 Å². The summed E-state index contributed by atoms with van der Waals surface area (Å²) in [6.45, 7) is 0.168. The molecule has 1 atom stereocenters. The Bertz CT molecular complexity index is 622. The number of carbonyl (C=O) groups excluding carboxylic acids is 1. The molecule has 2 rings (SSSR count). The van der Waals surface area contributed by atoms with Crippen LogP contribution in [0.5, 0.6) is 0 Å². The zero-order valence-electron chi connectivity index (χ0n) is 12.9. The lowest BCUT2D eigenvalue weighted by Gasteiger charge is -2.14. The largest absolute Gasteiger partial charge is 0.481 e. The Labute approximate surface area is 135 Å². The van der Waals surface area contributed by atoms with Crippen molar-refractivity contribution in [2.45, 2.75) is 25.9 Å². The van der Waals surface area contributed by atoms with Crippen molar-refractivity contribution >= 4 is 11.9 Å². The quantitative estimate of drug-likeness (QED) is 0.758. The van der Waals surface area contributed by atoms with E-state index in [-0.39, 0.29) is 13.0 Å². The van der Waals surface area contributed by atoms with Crippen molar-refractivity contribution in [2.75, 3.05) is 0 Å². The molecule has 2 aromatic rings. The standard InChI is InChI=1S/C19H20O4/c20-18(21)13-17(12-11-15-7-3-1-4-8-15)19(22)23-14-16-9-5-2-6-10-16/h1-10,17H,11-14H2,(H,20,21)/t17-/m1/s1. The molecule has 0 saturated heterocycles. The van der Waals surface area contributed by atoms with Crippen molar-refractivity contribution in [3.63, 3.8) is 0 Å². The minimum absolute atomic E-state index is 0.168. The van der Waals surface area contributed by atoms with Gasteiger partial charge in [-0.15, -0.1) is 0 Å². The molecule has 0 aliphatic carbocycles. The second kappa shape index (κ2) is 8.73. The molecule has 0 amide bonds. The molecule has 0 saturated carbocycles. The van der Waals surface area contributed by atoms with Gasteiger partial charge in [-0.2, -0.15) is 0 Å². The van der Waals surface area contributed by atoms with Gasteiger partial charge >= 0.3 is 11.9 Å². The molecule has 0 spiro atoms. The van der Waals surface area contributed by atoms with Crippen LogP contribution in [-0.2, 0) is 27.4 Å². The SMILES string of the molecule is O=C(O)C[C@@H](CCc1ccccc1)C(=O)OCc1ccccc1. The Morgan fingerprint density at radius 3 is 2.04 bits per heavy atom. The molecular weight excluding hydrogens is 292 g/mol. The summed E-state index contributed by atoms with van der Waals surface area (Å²) in [7, 11) is 0. The molecule has 0 radical (unpaired) electrons. The predicted octanol–water partition coefficient (Wildman–Crippen LogP) is 3.45. The highest BCUT2D eigenvalue weighted by Crippen LogP contribution is 2.16. The summed E-state index contributed by atoms with van der Waals surface area (Å²) in [6.07, 6.45) is 0.906. The van der Waals surface area contributed by atoms with Gasteiger partial charge in [0.15, 0.2) is 0 Å². The van der Waals surface area contributed by atoms with E-state index in [4.69, 9.17) is 9.84 Å². The topological polar surface area (TPSA) is 63.6 Å². The number of aryl methyl sites for hydroxylation is 1. The first-order valence-electron chi connectivity index (χ1n) is 7.61. The van der Waals surface area contributed by atoms with Crippen LogP contribution in [0.25, 0.3) is 0 Å². The lowest BCUT2D eigenvalue weighted by atomic mass is 9.96. The Morgan fingerprint density at radius 2 is 1.48 bits per heavy atom. The van der Waals surface area contributed by atoms with E-state index in [0.29, 0.717) is 12.8 Å². The fourth-order valence-corrected chi connectivity index (χ4v) is 2.35. The van der Waals surface area contributed by atoms with Crippen molar-refractivity contribution < 1.29 is 19.4 Å². The van der Waals surface area contributed by atoms with Gasteiger partial charge in [0, 0.05) is 0 Å². The van der Waals surface area contributed by atoms with E-state index in [0.717, 1.165) is 11.1 Å². The molecule has 0 fully saturated rings. The Hall–Kier alpha value is -2.62. The molecule has 4 heteroatoms. The lowest BCUT2D eigenvalue weighted by molar-refractivity contribution is -0.154. The first-order chi connectivity index (χ1) is 11.1. The molecule has 0 aromatic heterocycles. The van der Waals surface area contributed by atoms with Crippen molar-refractivity contribution in [1.29, 1.82) is 0 Å². The number of aliphatic carboxylic acids is 1. The van der Waals surface area contributed by atoms with Crippen LogP contribution in [0, 0.1) is 5.92 Å². The number of esters is 1. The minimum atomic E-state index is -0.986. The molecule has 2 aromatic carbocycles. The van der Waals surface area contributed by atoms with Crippen LogP contribution in [0.2, 0.25) is 0 Å². The van der Waals surface area contributed by atoms with Crippen LogP contribution in [-0.4, -0.2) is 17.0 Å². The molecule has 0 aliphatic heterocycles. The molecule has 0 bridgehead atoms. The van der Waals surface area contributed by atoms with Gasteiger partial charge in [0.05, 0.1) is 12.3 Å². The Kier molecular flexibility index (Phi) is 6.36. The maximum atomic E-state index is 12.2. The molecule has 23 heavy (non-hydrogen) atoms. The van der Waals surface area contributed by atoms with Crippen molar-refractivity contribution in [2.24, 2.45) is 5.92 Å². The number of carboxylic acid groups (broad SMARTS) is 1. The Morgan fingerprint density at radius 1 is 0.913 bits per heavy atom. The molecule has 120 valence electrons. The van der Waals surface area contributed by atoms with Gasteiger partial charge in [-0.05, 0) is 24.0 Å². The van der Waals surface area contributed by atoms with E-state index in [9.17, 15) is 9.59 Å². The lowest BCUT2D eigenvalue weighted by Crippen LogP contribution is -2.21. The number of carboxylic acids is 1. The highest BCUT2D eigenvalue weighted by atomic mass is 16.5. The van der Waals surface area contributed by atoms with Gasteiger partial charge in [-0.1, -0.05) is 60.7 Å². The minimum Gasteiger partial charge on any atom is -0.481 e. The van der Waals surface area contributed by atoms with Gasteiger partial charge < -0.3 is 9.84 Å². The Balaban J connectivity index is 1.91. The van der Waals surface area contributed by atoms with E-state index in [1.165, 1.54) is 0 Å². The van der Waals surface area contributed by atoms with Crippen LogP contribution in [0.15, 0.2) is 60.7 Å². The number of ether oxygens (including phenoxy) is 1. The number of rotatable bonds is 8. The van der Waals surface area contributed by atoms with Crippen LogP contribution in [0.1, 0.15) is 24.0 Å². The normalized spacial score (nSPS) is 11.7. The molecule has 0 aliphatic rings. The van der Waals surface area contributed by atoms with E-state index in [2.05, 4.69) is 0 Å². The third-order valence-corrected chi connectivity index (χ3v) is 3.60. The molecule has 0 unspecified atom stereocenters. The van der Waals surface area contributed by atoms with Crippen LogP contribution < -0.4 is 0 Å². The van der Waals surface area contributed by atoms with Gasteiger partial charge in [-0.3, -0.25) is 9.59 Å². The zero-order chi connectivity index (χ0) is 16.5. The van der Waals surface area contributed by atoms with Crippen LogP contribution in [0.3, 0.4) is 0 Å². The van der Waals surface area contributed by atoms with Gasteiger partial charge in [0.25, 0.3) is 0 Å². The highest BCUT2D eigenvalue weighted by molar-refractivity contribution is 5.79. The maximum absolute atomic E-state index is 12.2. The predicted molar refractivity (Wildman–Crippen MR) is 86.7 cm³/mol. The smallest absolute Gasteiger partial charge is 0.309 e. The molecule has 1 N–H and O–H groups in total. The summed E-state index contributed by atoms with van der Waals surface area (Å²) >= 11 is 0. The summed E-state index contributed by atoms with van der Waals surface area (Å²) < 4.78 is 5.28. The summed E-state index contributed by atoms with van der Waals surface area (Å²) in [4.78, 5) is 23.2. The van der Waals surface area contributed by atoms with Crippen molar-refractivity contribution in [3.05, 3.63) is 71.8 Å². The van der Waals surface area contributed by atoms with Gasteiger partial charge in [0.2, 0.25) is 0 Å². The second-order valence-corrected chi connectivity index (χ2v) is 5.41. The number of hydrogen-bond donors (Lipinski definition) is 1. The maximum Gasteiger partial charge on any atom is 0.309 e. The number of benzene rings is 2. The first-order valence-corrected chi connectivity index (χ1v) is 7.61. The van der Waals surface area contributed by atoms with Crippen molar-refractivity contribution in [3.8, 4) is 0 Å². The van der Waals surface area contributed by atoms with Gasteiger partial charge in [-0.25, -0.2) is 0 Å². The summed E-state index contributed by atoms with van der Waals surface area (Å²) in [5.41, 5.74) is 1.97. The third kappa shape index (κ3) is 5.94. The highest BCUT2D eigenvalue weighted by Gasteiger charge is 2.23. The average molecular weight is 312 g/mol. The van der Waals surface area contributed by atoms with Crippen molar-refractivity contribution in [1.82, 2.24) is 0 Å². The summed E-state index contributed by atoms with van der Waals surface area (Å²) in [6, 6.07) is 19.1. The zero-order valence-corrected chi connectivity index (χ0v) is 12.9. The van der Waals surface area contributed by atoms with E-state index in [1.807, 2.05) is 60.7 Å². The van der Waals surface area contributed by atoms with Crippen LogP contribution in [0.4, 0.5) is 0 Å². The summed E-state index contributed by atoms with van der Waals surface area (Å²) in [5, 5.41) is 9.01. The number of carbonyl (C=O) groups is 2. The third-order valence-electron chi connectivity index (χ3n) is 3.60. The summed E-state index contributed by atoms with van der Waals surface area (Å²) in [5.74, 6) is -2.07. The van der Waals surface area contributed by atoms with E-state index < -0.39 is 17.9 Å². The average Bonchev–Trinajstić information content (AvgIpc) is 2.58. The second-order valence-electron chi connectivity index (χ2n) is 5.41. The fourth-order valence-electron chi connectivity index (χ4n) is 2.35.